The van der Waals surface area contributed by atoms with Gasteiger partial charge < -0.3 is 13.3 Å². The van der Waals surface area contributed by atoms with E-state index in [1.54, 1.807) is 14.2 Å². The maximum absolute atomic E-state index is 8.81. The molecular formula is C10H21NO3Si. The zero-order valence-corrected chi connectivity index (χ0v) is 11.3. The smallest absolute Gasteiger partial charge is 0.377 e. The van der Waals surface area contributed by atoms with E-state index in [1.807, 2.05) is 20.4 Å². The van der Waals surface area contributed by atoms with Crippen molar-refractivity contribution in [3.8, 4) is 6.07 Å². The van der Waals surface area contributed by atoms with Gasteiger partial charge in [-0.1, -0.05) is 0 Å². The van der Waals surface area contributed by atoms with Gasteiger partial charge in [0.2, 0.25) is 0 Å². The van der Waals surface area contributed by atoms with Gasteiger partial charge in [-0.3, -0.25) is 0 Å². The van der Waals surface area contributed by atoms with Crippen LogP contribution in [0.5, 0.6) is 0 Å². The predicted octanol–water partition coefficient (Wildman–Crippen LogP) is 2.19. The fraction of sp³-hybridized carbons (Fsp3) is 0.900. The maximum atomic E-state index is 8.81. The van der Waals surface area contributed by atoms with Crippen molar-refractivity contribution in [3.05, 3.63) is 0 Å². The zero-order chi connectivity index (χ0) is 11.9. The van der Waals surface area contributed by atoms with E-state index in [1.165, 1.54) is 0 Å². The molecule has 0 aromatic heterocycles. The summed E-state index contributed by atoms with van der Waals surface area (Å²) in [6.45, 7) is 6.28. The second-order valence-electron chi connectivity index (χ2n) is 4.22. The number of hydrogen-bond acceptors (Lipinski definition) is 4. The van der Waals surface area contributed by atoms with E-state index in [9.17, 15) is 0 Å². The summed E-state index contributed by atoms with van der Waals surface area (Å²) in [7, 11) is 0.798. The lowest BCUT2D eigenvalue weighted by atomic mass is 9.90. The quantitative estimate of drug-likeness (QED) is 0.498. The summed E-state index contributed by atoms with van der Waals surface area (Å²) >= 11 is 0. The van der Waals surface area contributed by atoms with Crippen molar-refractivity contribution in [2.24, 2.45) is 5.41 Å². The Hall–Kier alpha value is -0.413. The molecule has 0 radical (unpaired) electrons. The first-order chi connectivity index (χ1) is 6.89. The van der Waals surface area contributed by atoms with Crippen molar-refractivity contribution in [2.45, 2.75) is 33.2 Å². The van der Waals surface area contributed by atoms with Gasteiger partial charge in [-0.25, -0.2) is 0 Å². The Morgan fingerprint density at radius 2 is 1.80 bits per heavy atom. The van der Waals surface area contributed by atoms with E-state index in [-0.39, 0.29) is 5.41 Å². The lowest BCUT2D eigenvalue weighted by Crippen LogP contribution is -2.40. The Bertz CT molecular complexity index is 221. The van der Waals surface area contributed by atoms with E-state index < -0.39 is 8.80 Å². The Balaban J connectivity index is 3.77. The second-order valence-corrected chi connectivity index (χ2v) is 7.05. The van der Waals surface area contributed by atoms with Gasteiger partial charge in [0.15, 0.2) is 0 Å². The molecule has 88 valence electrons. The minimum absolute atomic E-state index is 0.276. The molecule has 0 aliphatic rings. The fourth-order valence-corrected chi connectivity index (χ4v) is 1.95. The Morgan fingerprint density at radius 1 is 1.27 bits per heavy atom. The molecule has 0 unspecified atom stereocenters. The topological polar surface area (TPSA) is 51.5 Å². The molecule has 0 N–H and O–H groups in total. The summed E-state index contributed by atoms with van der Waals surface area (Å²) in [5.74, 6) is 0. The van der Waals surface area contributed by atoms with Gasteiger partial charge in [-0.15, -0.1) is 0 Å². The standard InChI is InChI=1S/C10H21NO3Si/c1-10(2,9-11)7-6-8-14-15(5,12-3)13-4/h6-8H2,1-5H3. The van der Waals surface area contributed by atoms with Crippen LogP contribution in [-0.4, -0.2) is 29.6 Å². The van der Waals surface area contributed by atoms with Crippen LogP contribution in [0.15, 0.2) is 0 Å². The largest absolute Gasteiger partial charge is 0.497 e. The molecule has 4 nitrogen and oxygen atoms in total. The van der Waals surface area contributed by atoms with Crippen LogP contribution in [0.4, 0.5) is 0 Å². The fourth-order valence-electron chi connectivity index (χ4n) is 1.03. The van der Waals surface area contributed by atoms with E-state index in [2.05, 4.69) is 6.07 Å². The third-order valence-electron chi connectivity index (χ3n) is 2.35. The summed E-state index contributed by atoms with van der Waals surface area (Å²) < 4.78 is 15.9. The molecule has 0 rings (SSSR count). The Morgan fingerprint density at radius 3 is 2.20 bits per heavy atom. The van der Waals surface area contributed by atoms with Crippen molar-refractivity contribution in [3.63, 3.8) is 0 Å². The van der Waals surface area contributed by atoms with Crippen molar-refractivity contribution in [1.82, 2.24) is 0 Å². The van der Waals surface area contributed by atoms with Crippen LogP contribution in [-0.2, 0) is 13.3 Å². The van der Waals surface area contributed by atoms with E-state index >= 15 is 0 Å². The Kier molecular flexibility index (Phi) is 6.06. The number of nitriles is 1. The van der Waals surface area contributed by atoms with Crippen molar-refractivity contribution in [2.75, 3.05) is 20.8 Å². The molecule has 0 spiro atoms. The first kappa shape index (κ1) is 14.6. The van der Waals surface area contributed by atoms with Gasteiger partial charge >= 0.3 is 8.80 Å². The molecule has 0 aliphatic heterocycles. The van der Waals surface area contributed by atoms with Crippen molar-refractivity contribution in [1.29, 1.82) is 5.26 Å². The van der Waals surface area contributed by atoms with Crippen LogP contribution in [0.3, 0.4) is 0 Å². The minimum atomic E-state index is -2.39. The highest BCUT2D eigenvalue weighted by Crippen LogP contribution is 2.21. The third kappa shape index (κ3) is 5.90. The number of rotatable bonds is 7. The molecule has 5 heteroatoms. The molecular weight excluding hydrogens is 210 g/mol. The van der Waals surface area contributed by atoms with Crippen molar-refractivity contribution >= 4 is 8.80 Å². The van der Waals surface area contributed by atoms with Gasteiger partial charge in [-0.2, -0.15) is 5.26 Å². The van der Waals surface area contributed by atoms with Crippen LogP contribution in [0.1, 0.15) is 26.7 Å². The second kappa shape index (κ2) is 6.23. The van der Waals surface area contributed by atoms with Gasteiger partial charge in [-0.05, 0) is 26.7 Å². The first-order valence-corrected chi connectivity index (χ1v) is 7.27. The van der Waals surface area contributed by atoms with E-state index in [0.717, 1.165) is 12.8 Å². The van der Waals surface area contributed by atoms with Crippen LogP contribution in [0.25, 0.3) is 0 Å². The van der Waals surface area contributed by atoms with Gasteiger partial charge in [0.1, 0.15) is 0 Å². The molecule has 0 atom stereocenters. The molecule has 0 saturated carbocycles. The molecule has 0 saturated heterocycles. The summed E-state index contributed by atoms with van der Waals surface area (Å²) in [6.07, 6.45) is 1.66. The van der Waals surface area contributed by atoms with Crippen LogP contribution < -0.4 is 0 Å². The highest BCUT2D eigenvalue weighted by Gasteiger charge is 2.31. The molecule has 0 aliphatic carbocycles. The summed E-state index contributed by atoms with van der Waals surface area (Å²) in [5.41, 5.74) is -0.276. The molecule has 0 heterocycles. The molecule has 0 aromatic rings. The maximum Gasteiger partial charge on any atom is 0.497 e. The number of hydrogen-bond donors (Lipinski definition) is 0. The van der Waals surface area contributed by atoms with Gasteiger partial charge in [0, 0.05) is 27.4 Å². The monoisotopic (exact) mass is 231 g/mol. The molecule has 0 amide bonds. The van der Waals surface area contributed by atoms with Gasteiger partial charge in [0.05, 0.1) is 11.5 Å². The average molecular weight is 231 g/mol. The van der Waals surface area contributed by atoms with E-state index in [0.29, 0.717) is 6.61 Å². The summed E-state index contributed by atoms with van der Waals surface area (Å²) in [4.78, 5) is 0. The molecule has 0 fully saturated rings. The highest BCUT2D eigenvalue weighted by molar-refractivity contribution is 6.59. The predicted molar refractivity (Wildman–Crippen MR) is 60.2 cm³/mol. The molecule has 15 heavy (non-hydrogen) atoms. The lowest BCUT2D eigenvalue weighted by molar-refractivity contribution is 0.102. The first-order valence-electron chi connectivity index (χ1n) is 5.04. The van der Waals surface area contributed by atoms with Crippen LogP contribution in [0.2, 0.25) is 6.55 Å². The number of nitrogens with zero attached hydrogens (tertiary/aromatic N) is 1. The Labute approximate surface area is 93.5 Å². The van der Waals surface area contributed by atoms with Crippen LogP contribution >= 0.6 is 0 Å². The van der Waals surface area contributed by atoms with Gasteiger partial charge in [0.25, 0.3) is 0 Å². The normalized spacial score (nSPS) is 12.5. The third-order valence-corrected chi connectivity index (χ3v) is 4.57. The SMILES string of the molecule is CO[Si](C)(OC)OCCCC(C)(C)C#N. The molecule has 0 bridgehead atoms. The summed E-state index contributed by atoms with van der Waals surface area (Å²) in [6, 6.07) is 2.26. The van der Waals surface area contributed by atoms with E-state index in [4.69, 9.17) is 18.5 Å². The average Bonchev–Trinajstić information content (AvgIpc) is 2.24. The highest BCUT2D eigenvalue weighted by atomic mass is 28.4. The van der Waals surface area contributed by atoms with Crippen LogP contribution in [0, 0.1) is 16.7 Å². The van der Waals surface area contributed by atoms with Crippen molar-refractivity contribution < 1.29 is 13.3 Å². The zero-order valence-electron chi connectivity index (χ0n) is 10.3. The lowest BCUT2D eigenvalue weighted by Gasteiger charge is -2.23. The summed E-state index contributed by atoms with van der Waals surface area (Å²) in [5, 5.41) is 8.81. The minimum Gasteiger partial charge on any atom is -0.377 e. The molecule has 0 aromatic carbocycles.